The van der Waals surface area contributed by atoms with Crippen molar-refractivity contribution >= 4 is 41.0 Å². The Kier molecular flexibility index (Phi) is 14.8. The van der Waals surface area contributed by atoms with Crippen molar-refractivity contribution in [2.75, 3.05) is 53.4 Å². The minimum Gasteiger partial charge on any atom is -0.473 e. The molecule has 1 aliphatic rings. The number of carboxylic acid groups (broad SMARTS) is 2. The first-order valence-corrected chi connectivity index (χ1v) is 12.4. The number of amides is 1. The third-order valence-corrected chi connectivity index (χ3v) is 6.43. The number of carboxylic acids is 2. The van der Waals surface area contributed by atoms with Crippen LogP contribution in [0.5, 0.6) is 0 Å². The minimum absolute atomic E-state index is 0.119. The first-order chi connectivity index (χ1) is 16.1. The highest BCUT2D eigenvalue weighted by Crippen LogP contribution is 2.23. The Balaban J connectivity index is 0.000000852. The molecule has 1 aliphatic heterocycles. The van der Waals surface area contributed by atoms with Crippen LogP contribution in [0.25, 0.3) is 0 Å². The summed E-state index contributed by atoms with van der Waals surface area (Å²) >= 11 is 11.9. The summed E-state index contributed by atoms with van der Waals surface area (Å²) in [6.07, 6.45) is 7.85. The molecule has 0 aromatic heterocycles. The Labute approximate surface area is 212 Å². The summed E-state index contributed by atoms with van der Waals surface area (Å²) in [7, 11) is 4.08. The van der Waals surface area contributed by atoms with E-state index in [2.05, 4.69) is 16.8 Å². The number of unbranched alkanes of at least 4 members (excludes halogenated alkanes) is 2. The predicted molar refractivity (Wildman–Crippen MR) is 135 cm³/mol. The van der Waals surface area contributed by atoms with Crippen LogP contribution in [0, 0.1) is 0 Å². The van der Waals surface area contributed by atoms with Crippen LogP contribution in [0.1, 0.15) is 44.1 Å². The van der Waals surface area contributed by atoms with Gasteiger partial charge in [0.1, 0.15) is 0 Å². The van der Waals surface area contributed by atoms with Gasteiger partial charge in [0.25, 0.3) is 0 Å². The maximum Gasteiger partial charge on any atom is 0.414 e. The molecular formula is C24H37Cl2N3O5. The number of carbonyl (C=O) groups is 3. The molecule has 1 saturated heterocycles. The molecule has 2 rings (SSSR count). The van der Waals surface area contributed by atoms with Crippen molar-refractivity contribution in [2.24, 2.45) is 0 Å². The van der Waals surface area contributed by atoms with Crippen LogP contribution in [-0.2, 0) is 20.8 Å². The van der Waals surface area contributed by atoms with Gasteiger partial charge in [0, 0.05) is 13.6 Å². The predicted octanol–water partition coefficient (Wildman–Crippen LogP) is 3.74. The molecule has 1 amide bonds. The van der Waals surface area contributed by atoms with Crippen LogP contribution in [0.15, 0.2) is 18.2 Å². The molecule has 1 heterocycles. The van der Waals surface area contributed by atoms with E-state index in [1.165, 1.54) is 51.9 Å². The van der Waals surface area contributed by atoms with Crippen molar-refractivity contribution in [3.05, 3.63) is 33.8 Å². The number of carbonyl (C=O) groups excluding carboxylic acids is 1. The number of rotatable bonds is 12. The van der Waals surface area contributed by atoms with Gasteiger partial charge in [-0.1, -0.05) is 29.3 Å². The number of benzene rings is 1. The van der Waals surface area contributed by atoms with Crippen molar-refractivity contribution in [3.8, 4) is 0 Å². The van der Waals surface area contributed by atoms with Gasteiger partial charge in [-0.2, -0.15) is 0 Å². The Bertz CT molecular complexity index is 776. The molecule has 0 spiro atoms. The second-order valence-electron chi connectivity index (χ2n) is 8.62. The van der Waals surface area contributed by atoms with Crippen LogP contribution < -0.4 is 0 Å². The molecule has 0 bridgehead atoms. The molecule has 0 aliphatic carbocycles. The lowest BCUT2D eigenvalue weighted by Crippen LogP contribution is -2.30. The van der Waals surface area contributed by atoms with E-state index < -0.39 is 11.9 Å². The highest BCUT2D eigenvalue weighted by Gasteiger charge is 2.12. The van der Waals surface area contributed by atoms with E-state index in [4.69, 9.17) is 43.0 Å². The van der Waals surface area contributed by atoms with Crippen LogP contribution in [0.2, 0.25) is 10.0 Å². The monoisotopic (exact) mass is 517 g/mol. The van der Waals surface area contributed by atoms with Crippen molar-refractivity contribution < 1.29 is 24.6 Å². The number of nitrogens with zero attached hydrogens (tertiary/aromatic N) is 3. The fourth-order valence-corrected chi connectivity index (χ4v) is 3.97. The Morgan fingerprint density at radius 1 is 0.882 bits per heavy atom. The summed E-state index contributed by atoms with van der Waals surface area (Å²) in [6.45, 7) is 6.92. The number of likely N-dealkylation sites (N-methyl/N-ethyl adjacent to an activating group) is 1. The van der Waals surface area contributed by atoms with E-state index in [1.54, 1.807) is 12.1 Å². The number of aliphatic carboxylic acids is 2. The van der Waals surface area contributed by atoms with Gasteiger partial charge in [-0.3, -0.25) is 4.79 Å². The van der Waals surface area contributed by atoms with Crippen LogP contribution in [-0.4, -0.2) is 96.1 Å². The summed E-state index contributed by atoms with van der Waals surface area (Å²) in [5, 5.41) is 15.8. The molecule has 1 fully saturated rings. The molecular weight excluding hydrogens is 481 g/mol. The zero-order chi connectivity index (χ0) is 25.5. The van der Waals surface area contributed by atoms with Crippen molar-refractivity contribution in [3.63, 3.8) is 0 Å². The minimum atomic E-state index is -1.82. The van der Waals surface area contributed by atoms with E-state index in [0.717, 1.165) is 31.5 Å². The van der Waals surface area contributed by atoms with Crippen molar-refractivity contribution in [2.45, 2.75) is 44.9 Å². The lowest BCUT2D eigenvalue weighted by atomic mass is 10.1. The van der Waals surface area contributed by atoms with Gasteiger partial charge in [-0.25, -0.2) is 9.59 Å². The van der Waals surface area contributed by atoms with Crippen LogP contribution in [0.4, 0.5) is 0 Å². The number of halogens is 2. The fraction of sp³-hybridized carbons (Fsp3) is 0.625. The highest BCUT2D eigenvalue weighted by atomic mass is 35.5. The SMILES string of the molecule is CN(CCCCN1CCCC1)CCCCN(C)C(=O)Cc1ccc(Cl)c(Cl)c1.O=C(O)C(=O)O. The zero-order valence-electron chi connectivity index (χ0n) is 20.1. The van der Waals surface area contributed by atoms with Crippen LogP contribution >= 0.6 is 23.2 Å². The summed E-state index contributed by atoms with van der Waals surface area (Å²) in [5.74, 6) is -3.53. The lowest BCUT2D eigenvalue weighted by molar-refractivity contribution is -0.159. The molecule has 0 radical (unpaired) electrons. The maximum atomic E-state index is 12.4. The van der Waals surface area contributed by atoms with Crippen molar-refractivity contribution in [1.29, 1.82) is 0 Å². The normalized spacial score (nSPS) is 13.4. The second kappa shape index (κ2) is 16.7. The standard InChI is InChI=1S/C22H35Cl2N3O.C2H2O4/c1-25(12-4-6-14-27-15-7-8-16-27)11-3-5-13-26(2)22(28)18-19-9-10-20(23)21(24)17-19;3-1(4)2(5)6/h9-10,17H,3-8,11-16,18H2,1-2H3;(H,3,4)(H,5,6). The van der Waals surface area contributed by atoms with Gasteiger partial charge in [-0.15, -0.1) is 0 Å². The van der Waals surface area contributed by atoms with E-state index in [1.807, 2.05) is 18.0 Å². The van der Waals surface area contributed by atoms with E-state index in [0.29, 0.717) is 16.5 Å². The quantitative estimate of drug-likeness (QED) is 0.321. The van der Waals surface area contributed by atoms with Gasteiger partial charge in [-0.05, 0) is 96.0 Å². The summed E-state index contributed by atoms with van der Waals surface area (Å²) in [5.41, 5.74) is 0.903. The summed E-state index contributed by atoms with van der Waals surface area (Å²) < 4.78 is 0. The lowest BCUT2D eigenvalue weighted by Gasteiger charge is -2.20. The molecule has 2 N–H and O–H groups in total. The average Bonchev–Trinajstić information content (AvgIpc) is 3.30. The third-order valence-electron chi connectivity index (χ3n) is 5.69. The van der Waals surface area contributed by atoms with E-state index in [9.17, 15) is 4.79 Å². The van der Waals surface area contributed by atoms with Gasteiger partial charge in [0.2, 0.25) is 5.91 Å². The Hall–Kier alpha value is -1.87. The first kappa shape index (κ1) is 30.2. The molecule has 1 aromatic carbocycles. The van der Waals surface area contributed by atoms with Crippen LogP contribution in [0.3, 0.4) is 0 Å². The van der Waals surface area contributed by atoms with E-state index in [-0.39, 0.29) is 5.91 Å². The van der Waals surface area contributed by atoms with Gasteiger partial charge < -0.3 is 24.9 Å². The van der Waals surface area contributed by atoms with Gasteiger partial charge in [0.15, 0.2) is 0 Å². The third kappa shape index (κ3) is 13.1. The van der Waals surface area contributed by atoms with E-state index >= 15 is 0 Å². The second-order valence-corrected chi connectivity index (χ2v) is 9.43. The largest absolute Gasteiger partial charge is 0.473 e. The molecule has 34 heavy (non-hydrogen) atoms. The smallest absolute Gasteiger partial charge is 0.414 e. The first-order valence-electron chi connectivity index (χ1n) is 11.6. The molecule has 0 saturated carbocycles. The number of likely N-dealkylation sites (tertiary alicyclic amines) is 1. The molecule has 1 aromatic rings. The fourth-order valence-electron chi connectivity index (χ4n) is 3.65. The molecule has 0 unspecified atom stereocenters. The molecule has 8 nitrogen and oxygen atoms in total. The molecule has 192 valence electrons. The summed E-state index contributed by atoms with van der Waals surface area (Å²) in [6, 6.07) is 5.38. The average molecular weight is 518 g/mol. The van der Waals surface area contributed by atoms with Gasteiger partial charge in [0.05, 0.1) is 16.5 Å². The Morgan fingerprint density at radius 3 is 2.00 bits per heavy atom. The number of hydrogen-bond donors (Lipinski definition) is 2. The maximum absolute atomic E-state index is 12.4. The van der Waals surface area contributed by atoms with Gasteiger partial charge >= 0.3 is 11.9 Å². The summed E-state index contributed by atoms with van der Waals surface area (Å²) in [4.78, 5) is 37.4. The van der Waals surface area contributed by atoms with Crippen molar-refractivity contribution in [1.82, 2.24) is 14.7 Å². The highest BCUT2D eigenvalue weighted by molar-refractivity contribution is 6.42. The Morgan fingerprint density at radius 2 is 1.44 bits per heavy atom. The molecule has 0 atom stereocenters. The number of hydrogen-bond acceptors (Lipinski definition) is 5. The zero-order valence-corrected chi connectivity index (χ0v) is 21.7. The molecule has 10 heteroatoms. The topological polar surface area (TPSA) is 101 Å².